The molecule has 0 radical (unpaired) electrons. The lowest BCUT2D eigenvalue weighted by atomic mass is 9.95. The maximum Gasteiger partial charge on any atom is 0.386 e. The van der Waals surface area contributed by atoms with Crippen molar-refractivity contribution in [3.63, 3.8) is 0 Å². The minimum Gasteiger partial charge on any atom is -0.386 e. The van der Waals surface area contributed by atoms with Crippen molar-refractivity contribution in [1.29, 1.82) is 0 Å². The lowest BCUT2D eigenvalue weighted by Gasteiger charge is -2.27. The molecule has 0 amide bonds. The summed E-state index contributed by atoms with van der Waals surface area (Å²) in [6.07, 6.45) is -3.96. The molecule has 25 heteroatoms. The van der Waals surface area contributed by atoms with Gasteiger partial charge in [0.15, 0.2) is 35.1 Å². The van der Waals surface area contributed by atoms with Crippen LogP contribution in [0.5, 0.6) is 0 Å². The molecule has 3 fully saturated rings. The van der Waals surface area contributed by atoms with E-state index < -0.39 is 74.6 Å². The number of fused-ring (bicyclic) bond motifs is 5. The van der Waals surface area contributed by atoms with E-state index >= 15 is 0 Å². The minimum absolute atomic E-state index is 0.0247. The van der Waals surface area contributed by atoms with Crippen LogP contribution < -0.4 is 17.0 Å². The van der Waals surface area contributed by atoms with E-state index in [2.05, 4.69) is 54.8 Å². The molecule has 0 aromatic carbocycles. The number of H-pyrrole nitrogens is 1. The van der Waals surface area contributed by atoms with Gasteiger partial charge < -0.3 is 35.5 Å². The normalized spacial score (nSPS) is 36.6. The number of aliphatic hydroxyl groups is 1. The molecule has 20 nitrogen and oxygen atoms in total. The SMILES string of the molecule is Nc1nc2c(ncn2[C@@H]2O[C@@H]3COP(O)(=S)O[C@@H]4C(O)[C@H](n5cnc6c(N)ncnc65)O[C@@H]4COP(=O)(S)OC2[C@H]3CCS)c(=O)[nH]1. The number of aromatic amines is 1. The van der Waals surface area contributed by atoms with Crippen molar-refractivity contribution >= 4 is 84.3 Å². The molecular weight excluding hydrogens is 722 g/mol. The highest BCUT2D eigenvalue weighted by molar-refractivity contribution is 8.44. The van der Waals surface area contributed by atoms with Crippen molar-refractivity contribution in [3.8, 4) is 0 Å². The Morgan fingerprint density at radius 2 is 1.70 bits per heavy atom. The third-order valence-corrected chi connectivity index (χ3v) is 11.4. The second kappa shape index (κ2) is 12.6. The number of ether oxygens (including phenoxy) is 2. The Balaban J connectivity index is 1.23. The van der Waals surface area contributed by atoms with Crippen molar-refractivity contribution in [1.82, 2.24) is 39.0 Å². The Labute approximate surface area is 279 Å². The number of aromatic nitrogens is 8. The van der Waals surface area contributed by atoms with Gasteiger partial charge in [-0.1, -0.05) is 12.2 Å². The predicted octanol–water partition coefficient (Wildman–Crippen LogP) is 0.288. The summed E-state index contributed by atoms with van der Waals surface area (Å²) < 4.78 is 52.3. The van der Waals surface area contributed by atoms with Crippen LogP contribution in [0.3, 0.4) is 0 Å². The van der Waals surface area contributed by atoms with Crippen molar-refractivity contribution < 1.29 is 42.1 Å². The molecule has 7 rings (SSSR count). The van der Waals surface area contributed by atoms with Gasteiger partial charge in [-0.25, -0.2) is 24.5 Å². The van der Waals surface area contributed by atoms with Gasteiger partial charge in [-0.15, -0.1) is 0 Å². The standard InChI is InChI=1S/C22H28N10O10P2S3/c23-16-11-17(26-5-25-16)31(6-27-11)20-13(33)15-10(40-20)4-38-43(35,46)41-14-8(1-2-45)9(3-37-44(36,47)42-15)39-21(14)32-7-28-12-18(32)29-22(24)30-19(12)34/h5-10,13-15,20-21,33,45H,1-4H2,(H,35,46)(H,36,47)(H2,23,25,26)(H3,24,29,30,34)/t8-,9+,10+,13?,14?,15-,20+,21+,43?,44?/m0/s1. The van der Waals surface area contributed by atoms with E-state index in [1.165, 1.54) is 28.1 Å². The molecule has 4 unspecified atom stereocenters. The number of nitrogen functional groups attached to an aromatic ring is 2. The maximum absolute atomic E-state index is 13.8. The number of nitrogens with two attached hydrogens (primary N) is 2. The Kier molecular flexibility index (Phi) is 8.90. The monoisotopic (exact) mass is 750 g/mol. The molecule has 254 valence electrons. The lowest BCUT2D eigenvalue weighted by Crippen LogP contribution is -2.36. The molecule has 4 aromatic heterocycles. The molecule has 3 aliphatic heterocycles. The first-order chi connectivity index (χ1) is 22.4. The summed E-state index contributed by atoms with van der Waals surface area (Å²) in [5, 5.41) is 11.4. The first-order valence-corrected chi connectivity index (χ1v) is 19.8. The fourth-order valence-corrected chi connectivity index (χ4v) is 9.13. The first-order valence-electron chi connectivity index (χ1n) is 13.9. The number of aliphatic hydroxyl groups excluding tert-OH is 1. The number of nitrogens with one attached hydrogen (secondary N) is 1. The number of hydrogen-bond acceptors (Lipinski definition) is 18. The Hall–Kier alpha value is -2.24. The van der Waals surface area contributed by atoms with Gasteiger partial charge in [-0.05, 0) is 24.0 Å². The van der Waals surface area contributed by atoms with E-state index in [-0.39, 0.29) is 40.7 Å². The van der Waals surface area contributed by atoms with E-state index in [1.807, 2.05) is 0 Å². The zero-order chi connectivity index (χ0) is 33.2. The number of imidazole rings is 2. The van der Waals surface area contributed by atoms with E-state index in [0.717, 1.165) is 0 Å². The number of thiol groups is 2. The number of hydrogen-bond donors (Lipinski definition) is 7. The van der Waals surface area contributed by atoms with Crippen LogP contribution in [-0.4, -0.2) is 98.5 Å². The Morgan fingerprint density at radius 3 is 2.47 bits per heavy atom. The lowest BCUT2D eigenvalue weighted by molar-refractivity contribution is -0.0584. The van der Waals surface area contributed by atoms with Crippen LogP contribution in [-0.2, 0) is 43.9 Å². The largest absolute Gasteiger partial charge is 0.386 e. The third kappa shape index (κ3) is 6.22. The smallest absolute Gasteiger partial charge is 0.386 e. The van der Waals surface area contributed by atoms with E-state index in [4.69, 9.17) is 50.8 Å². The molecular formula is C22H28N10O10P2S3. The summed E-state index contributed by atoms with van der Waals surface area (Å²) in [5.74, 6) is -0.291. The minimum atomic E-state index is -4.26. The van der Waals surface area contributed by atoms with E-state index in [9.17, 15) is 19.4 Å². The number of anilines is 2. The van der Waals surface area contributed by atoms with Gasteiger partial charge in [0.1, 0.15) is 36.3 Å². The van der Waals surface area contributed by atoms with Crippen LogP contribution >= 0.6 is 38.4 Å². The highest BCUT2D eigenvalue weighted by Crippen LogP contribution is 2.59. The van der Waals surface area contributed by atoms with E-state index in [0.29, 0.717) is 12.2 Å². The summed E-state index contributed by atoms with van der Waals surface area (Å²) in [5.41, 5.74) is 11.7. The van der Waals surface area contributed by atoms with Crippen LogP contribution in [0.25, 0.3) is 22.3 Å². The summed E-state index contributed by atoms with van der Waals surface area (Å²) in [6.45, 7) is -9.19. The summed E-state index contributed by atoms with van der Waals surface area (Å²) in [4.78, 5) is 46.7. The second-order valence-corrected chi connectivity index (χ2v) is 16.9. The van der Waals surface area contributed by atoms with Crippen molar-refractivity contribution in [2.24, 2.45) is 5.92 Å². The van der Waals surface area contributed by atoms with Crippen LogP contribution in [0, 0.1) is 5.92 Å². The zero-order valence-electron chi connectivity index (χ0n) is 23.8. The fourth-order valence-electron chi connectivity index (χ4n) is 5.90. The van der Waals surface area contributed by atoms with Gasteiger partial charge in [-0.2, -0.15) is 17.6 Å². The van der Waals surface area contributed by atoms with Crippen LogP contribution in [0.1, 0.15) is 18.9 Å². The fraction of sp³-hybridized carbons (Fsp3) is 0.545. The molecule has 47 heavy (non-hydrogen) atoms. The molecule has 3 aliphatic rings. The van der Waals surface area contributed by atoms with Crippen LogP contribution in [0.15, 0.2) is 23.8 Å². The van der Waals surface area contributed by atoms with Crippen molar-refractivity contribution in [2.45, 2.75) is 49.4 Å². The van der Waals surface area contributed by atoms with E-state index in [1.54, 1.807) is 0 Å². The van der Waals surface area contributed by atoms with Gasteiger partial charge in [0, 0.05) is 5.92 Å². The summed E-state index contributed by atoms with van der Waals surface area (Å²) >= 11 is 14.0. The topological polar surface area (TPSA) is 272 Å². The molecule has 2 bridgehead atoms. The number of rotatable bonds is 4. The zero-order valence-corrected chi connectivity index (χ0v) is 28.2. The first kappa shape index (κ1) is 33.3. The summed E-state index contributed by atoms with van der Waals surface area (Å²) in [7, 11) is 0. The van der Waals surface area contributed by atoms with Crippen molar-refractivity contribution in [3.05, 3.63) is 29.3 Å². The predicted molar refractivity (Wildman–Crippen MR) is 173 cm³/mol. The number of nitrogens with zero attached hydrogens (tertiary/aromatic N) is 7. The second-order valence-electron chi connectivity index (χ2n) is 10.8. The molecule has 7 heterocycles. The van der Waals surface area contributed by atoms with Crippen LogP contribution in [0.2, 0.25) is 0 Å². The summed E-state index contributed by atoms with van der Waals surface area (Å²) in [6, 6.07) is 0. The Bertz CT molecular complexity index is 1980. The maximum atomic E-state index is 13.8. The van der Waals surface area contributed by atoms with Crippen LogP contribution in [0.4, 0.5) is 11.8 Å². The van der Waals surface area contributed by atoms with Gasteiger partial charge in [0.05, 0.1) is 32.0 Å². The molecule has 0 spiro atoms. The van der Waals surface area contributed by atoms with Gasteiger partial charge >= 0.3 is 13.5 Å². The molecule has 0 saturated carbocycles. The molecule has 4 aromatic rings. The average Bonchev–Trinajstić information content (AvgIpc) is 3.76. The van der Waals surface area contributed by atoms with Gasteiger partial charge in [0.25, 0.3) is 5.56 Å². The Morgan fingerprint density at radius 1 is 1.00 bits per heavy atom. The van der Waals surface area contributed by atoms with Gasteiger partial charge in [0.2, 0.25) is 5.95 Å². The molecule has 10 atom stereocenters. The molecule has 3 saturated heterocycles. The highest BCUT2D eigenvalue weighted by Gasteiger charge is 2.53. The molecule has 0 aliphatic carbocycles. The molecule has 7 N–H and O–H groups in total. The highest BCUT2D eigenvalue weighted by atomic mass is 32.7. The van der Waals surface area contributed by atoms with Gasteiger partial charge in [-0.3, -0.25) is 32.5 Å². The average molecular weight is 751 g/mol. The van der Waals surface area contributed by atoms with Crippen molar-refractivity contribution in [2.75, 3.05) is 30.4 Å². The third-order valence-electron chi connectivity index (χ3n) is 7.97. The quantitative estimate of drug-likeness (QED) is 0.109.